The monoisotopic (exact) mass is 368 g/mol. The molecule has 0 bridgehead atoms. The topological polar surface area (TPSA) is 58.1 Å². The van der Waals surface area contributed by atoms with Crippen LogP contribution in [0.25, 0.3) is 0 Å². The molecule has 0 aromatic heterocycles. The van der Waals surface area contributed by atoms with Gasteiger partial charge in [0, 0.05) is 45.9 Å². The Balaban J connectivity index is 1.52. The predicted octanol–water partition coefficient (Wildman–Crippen LogP) is 2.39. The summed E-state index contributed by atoms with van der Waals surface area (Å²) in [6.07, 6.45) is 10.7. The van der Waals surface area contributed by atoms with Gasteiger partial charge in [0.25, 0.3) is 0 Å². The van der Waals surface area contributed by atoms with Gasteiger partial charge < -0.3 is 20.1 Å². The number of hydrogen-bond donors (Lipinski definition) is 2. The molecule has 1 aliphatic heterocycles. The number of nitrogens with one attached hydrogen (secondary N) is 2. The van der Waals surface area contributed by atoms with E-state index in [9.17, 15) is 0 Å². The van der Waals surface area contributed by atoms with Gasteiger partial charge in [-0.1, -0.05) is 25.7 Å². The molecule has 2 aliphatic rings. The summed E-state index contributed by atoms with van der Waals surface area (Å²) in [6.45, 7) is 10.5. The lowest BCUT2D eigenvalue weighted by Gasteiger charge is -2.26. The number of morpholine rings is 1. The summed E-state index contributed by atoms with van der Waals surface area (Å²) < 4.78 is 11.4. The maximum Gasteiger partial charge on any atom is 0.191 e. The second-order valence-corrected chi connectivity index (χ2v) is 7.33. The summed E-state index contributed by atoms with van der Waals surface area (Å²) in [5.41, 5.74) is 0. The predicted molar refractivity (Wildman–Crippen MR) is 108 cm³/mol. The van der Waals surface area contributed by atoms with Crippen molar-refractivity contribution >= 4 is 5.96 Å². The molecule has 6 nitrogen and oxygen atoms in total. The Morgan fingerprint density at radius 1 is 1.08 bits per heavy atom. The lowest BCUT2D eigenvalue weighted by Crippen LogP contribution is -2.44. The fourth-order valence-electron chi connectivity index (χ4n) is 3.56. The van der Waals surface area contributed by atoms with Gasteiger partial charge in [0.05, 0.1) is 19.3 Å². The number of hydrogen-bond acceptors (Lipinski definition) is 4. The lowest BCUT2D eigenvalue weighted by molar-refractivity contribution is 0.0389. The van der Waals surface area contributed by atoms with Crippen molar-refractivity contribution in [2.45, 2.75) is 64.4 Å². The summed E-state index contributed by atoms with van der Waals surface area (Å²) in [4.78, 5) is 7.13. The van der Waals surface area contributed by atoms with E-state index in [4.69, 9.17) is 14.5 Å². The third-order valence-electron chi connectivity index (χ3n) is 5.15. The van der Waals surface area contributed by atoms with Crippen LogP contribution in [-0.2, 0) is 9.47 Å². The maximum atomic E-state index is 6.05. The fraction of sp³-hybridized carbons (Fsp3) is 0.950. The van der Waals surface area contributed by atoms with Crippen LogP contribution in [0, 0.1) is 0 Å². The molecule has 6 heteroatoms. The standard InChI is InChI=1S/C20H40N4O2/c1-2-21-20(23-12-13-24-14-17-25-18-15-24)22-11-7-8-16-26-19-9-5-3-4-6-10-19/h19H,2-18H2,1H3,(H2,21,22,23). The van der Waals surface area contributed by atoms with Crippen LogP contribution in [0.2, 0.25) is 0 Å². The van der Waals surface area contributed by atoms with E-state index >= 15 is 0 Å². The molecule has 0 aromatic rings. The highest BCUT2D eigenvalue weighted by atomic mass is 16.5. The van der Waals surface area contributed by atoms with Gasteiger partial charge in [-0.25, -0.2) is 0 Å². The van der Waals surface area contributed by atoms with Crippen molar-refractivity contribution in [1.82, 2.24) is 15.5 Å². The largest absolute Gasteiger partial charge is 0.379 e. The summed E-state index contributed by atoms with van der Waals surface area (Å²) >= 11 is 0. The highest BCUT2D eigenvalue weighted by Crippen LogP contribution is 2.19. The smallest absolute Gasteiger partial charge is 0.191 e. The van der Waals surface area contributed by atoms with Crippen molar-refractivity contribution in [3.05, 3.63) is 0 Å². The van der Waals surface area contributed by atoms with Crippen LogP contribution in [-0.4, -0.2) is 76.1 Å². The van der Waals surface area contributed by atoms with Crippen molar-refractivity contribution in [3.63, 3.8) is 0 Å². The van der Waals surface area contributed by atoms with E-state index < -0.39 is 0 Å². The zero-order valence-electron chi connectivity index (χ0n) is 16.8. The van der Waals surface area contributed by atoms with Crippen molar-refractivity contribution in [2.24, 2.45) is 4.99 Å². The van der Waals surface area contributed by atoms with Crippen molar-refractivity contribution in [3.8, 4) is 0 Å². The Bertz CT molecular complexity index is 365. The van der Waals surface area contributed by atoms with Crippen molar-refractivity contribution in [1.29, 1.82) is 0 Å². The molecule has 0 aromatic carbocycles. The quantitative estimate of drug-likeness (QED) is 0.268. The van der Waals surface area contributed by atoms with E-state index in [2.05, 4.69) is 22.5 Å². The molecule has 2 fully saturated rings. The first-order valence-corrected chi connectivity index (χ1v) is 10.8. The molecular formula is C20H40N4O2. The lowest BCUT2D eigenvalue weighted by atomic mass is 10.1. The first kappa shape index (κ1) is 21.5. The van der Waals surface area contributed by atoms with Gasteiger partial charge in [-0.2, -0.15) is 0 Å². The summed E-state index contributed by atoms with van der Waals surface area (Å²) in [7, 11) is 0. The molecule has 0 unspecified atom stereocenters. The van der Waals surface area contributed by atoms with E-state index in [1.807, 2.05) is 0 Å². The molecule has 1 heterocycles. The van der Waals surface area contributed by atoms with Crippen molar-refractivity contribution < 1.29 is 9.47 Å². The molecule has 0 atom stereocenters. The van der Waals surface area contributed by atoms with Crippen LogP contribution in [0.15, 0.2) is 4.99 Å². The van der Waals surface area contributed by atoms with Gasteiger partial charge in [-0.05, 0) is 32.6 Å². The number of unbranched alkanes of at least 4 members (excludes halogenated alkanes) is 1. The molecule has 0 radical (unpaired) electrons. The van der Waals surface area contributed by atoms with E-state index in [0.717, 1.165) is 77.9 Å². The normalized spacial score (nSPS) is 20.7. The highest BCUT2D eigenvalue weighted by Gasteiger charge is 2.12. The Morgan fingerprint density at radius 2 is 1.85 bits per heavy atom. The van der Waals surface area contributed by atoms with E-state index in [1.165, 1.54) is 38.5 Å². The zero-order valence-corrected chi connectivity index (χ0v) is 16.8. The van der Waals surface area contributed by atoms with E-state index in [0.29, 0.717) is 6.10 Å². The number of aliphatic imine (C=N–C) groups is 1. The van der Waals surface area contributed by atoms with Gasteiger partial charge >= 0.3 is 0 Å². The molecule has 26 heavy (non-hydrogen) atoms. The van der Waals surface area contributed by atoms with Gasteiger partial charge in [-0.15, -0.1) is 0 Å². The average Bonchev–Trinajstić information content (AvgIpc) is 2.94. The molecule has 1 saturated carbocycles. The van der Waals surface area contributed by atoms with Crippen LogP contribution in [0.4, 0.5) is 0 Å². The van der Waals surface area contributed by atoms with E-state index in [1.54, 1.807) is 0 Å². The second kappa shape index (κ2) is 14.2. The summed E-state index contributed by atoms with van der Waals surface area (Å²) in [6, 6.07) is 0. The molecule has 1 saturated heterocycles. The highest BCUT2D eigenvalue weighted by molar-refractivity contribution is 5.79. The number of rotatable bonds is 10. The van der Waals surface area contributed by atoms with Crippen molar-refractivity contribution in [2.75, 3.05) is 59.1 Å². The number of guanidine groups is 1. The first-order chi connectivity index (χ1) is 12.9. The SMILES string of the molecule is CCNC(=NCCCCOC1CCCCCC1)NCCN1CCOCC1. The van der Waals surface area contributed by atoms with Crippen LogP contribution in [0.1, 0.15) is 58.3 Å². The summed E-state index contributed by atoms with van der Waals surface area (Å²) in [5.74, 6) is 0.936. The first-order valence-electron chi connectivity index (χ1n) is 10.8. The molecule has 1 aliphatic carbocycles. The third kappa shape index (κ3) is 9.74. The molecule has 2 N–H and O–H groups in total. The minimum Gasteiger partial charge on any atom is -0.379 e. The number of nitrogens with zero attached hydrogens (tertiary/aromatic N) is 2. The van der Waals surface area contributed by atoms with Crippen LogP contribution in [0.3, 0.4) is 0 Å². The van der Waals surface area contributed by atoms with Gasteiger partial charge in [0.1, 0.15) is 0 Å². The maximum absolute atomic E-state index is 6.05. The zero-order chi connectivity index (χ0) is 18.3. The Labute approximate surface area is 160 Å². The van der Waals surface area contributed by atoms with Crippen LogP contribution >= 0.6 is 0 Å². The number of ether oxygens (including phenoxy) is 2. The van der Waals surface area contributed by atoms with Gasteiger partial charge in [0.2, 0.25) is 0 Å². The molecule has 0 amide bonds. The average molecular weight is 369 g/mol. The van der Waals surface area contributed by atoms with E-state index in [-0.39, 0.29) is 0 Å². The summed E-state index contributed by atoms with van der Waals surface area (Å²) in [5, 5.41) is 6.78. The minimum atomic E-state index is 0.514. The minimum absolute atomic E-state index is 0.514. The van der Waals surface area contributed by atoms with Gasteiger partial charge in [-0.3, -0.25) is 9.89 Å². The van der Waals surface area contributed by atoms with Crippen LogP contribution in [0.5, 0.6) is 0 Å². The Hall–Kier alpha value is -0.850. The second-order valence-electron chi connectivity index (χ2n) is 7.33. The Morgan fingerprint density at radius 3 is 2.58 bits per heavy atom. The molecule has 2 rings (SSSR count). The fourth-order valence-corrected chi connectivity index (χ4v) is 3.56. The Kier molecular flexibility index (Phi) is 11.7. The third-order valence-corrected chi connectivity index (χ3v) is 5.15. The van der Waals surface area contributed by atoms with Crippen LogP contribution < -0.4 is 10.6 Å². The van der Waals surface area contributed by atoms with Gasteiger partial charge in [0.15, 0.2) is 5.96 Å². The molecular weight excluding hydrogens is 328 g/mol. The molecule has 152 valence electrons. The molecule has 0 spiro atoms.